The molecule has 0 bridgehead atoms. The van der Waals surface area contributed by atoms with Crippen LogP contribution in [0, 0.1) is 5.92 Å². The smallest absolute Gasteiger partial charge is 0.306 e. The highest BCUT2D eigenvalue weighted by atomic mass is 16.6. The summed E-state index contributed by atoms with van der Waals surface area (Å²) in [5.41, 5.74) is 0. The molecular formula is C10H17NO4. The molecule has 0 aromatic heterocycles. The number of hydrogen-bond acceptors (Lipinski definition) is 4. The summed E-state index contributed by atoms with van der Waals surface area (Å²) in [5, 5.41) is 18.4. The Labute approximate surface area is 88.6 Å². The van der Waals surface area contributed by atoms with E-state index < -0.39 is 12.4 Å². The molecule has 1 atom stereocenters. The average molecular weight is 215 g/mol. The van der Waals surface area contributed by atoms with Crippen molar-refractivity contribution in [2.45, 2.75) is 38.1 Å². The van der Waals surface area contributed by atoms with E-state index >= 15 is 0 Å². The summed E-state index contributed by atoms with van der Waals surface area (Å²) in [7, 11) is 0. The highest BCUT2D eigenvalue weighted by Crippen LogP contribution is 2.29. The molecule has 0 amide bonds. The van der Waals surface area contributed by atoms with Gasteiger partial charge in [-0.05, 0) is 25.7 Å². The van der Waals surface area contributed by atoms with E-state index in [4.69, 9.17) is 9.84 Å². The molecule has 1 aliphatic heterocycles. The molecule has 5 heteroatoms. The number of aliphatic carboxylic acids is 1. The number of hydrogen-bond donors (Lipinski definition) is 2. The topological polar surface area (TPSA) is 70.0 Å². The molecule has 0 aromatic carbocycles. The molecule has 1 saturated heterocycles. The Morgan fingerprint density at radius 3 is 2.40 bits per heavy atom. The molecule has 5 nitrogen and oxygen atoms in total. The number of rotatable bonds is 2. The minimum absolute atomic E-state index is 0.193. The molecule has 2 rings (SSSR count). The fourth-order valence-corrected chi connectivity index (χ4v) is 2.49. The highest BCUT2D eigenvalue weighted by molar-refractivity contribution is 5.70. The van der Waals surface area contributed by atoms with Gasteiger partial charge in [0.1, 0.15) is 0 Å². The van der Waals surface area contributed by atoms with Crippen LogP contribution in [0.5, 0.6) is 0 Å². The molecule has 1 aliphatic carbocycles. The molecule has 0 aromatic rings. The molecule has 86 valence electrons. The van der Waals surface area contributed by atoms with Gasteiger partial charge in [-0.3, -0.25) is 9.69 Å². The van der Waals surface area contributed by atoms with Gasteiger partial charge in [0.15, 0.2) is 0 Å². The minimum Gasteiger partial charge on any atom is -0.481 e. The lowest BCUT2D eigenvalue weighted by Crippen LogP contribution is -2.42. The standard InChI is InChI=1S/C10H17NO4/c12-9(13)7-1-3-8(4-2-7)11-5-6-15-10(11)14/h7-8,10,14H,1-6H2,(H,12,13). The first-order valence-electron chi connectivity index (χ1n) is 5.46. The molecule has 0 radical (unpaired) electrons. The third-order valence-electron chi connectivity index (χ3n) is 3.42. The number of ether oxygens (including phenoxy) is 1. The van der Waals surface area contributed by atoms with E-state index in [9.17, 15) is 9.90 Å². The number of carboxylic acid groups (broad SMARTS) is 1. The van der Waals surface area contributed by atoms with Crippen LogP contribution in [0.15, 0.2) is 0 Å². The molecule has 2 N–H and O–H groups in total. The lowest BCUT2D eigenvalue weighted by molar-refractivity contribution is -0.153. The van der Waals surface area contributed by atoms with Crippen LogP contribution in [-0.4, -0.2) is 46.7 Å². The Balaban J connectivity index is 1.85. The molecule has 1 saturated carbocycles. The summed E-state index contributed by atoms with van der Waals surface area (Å²) in [6.07, 6.45) is 2.33. The Hall–Kier alpha value is -0.650. The Bertz CT molecular complexity index is 238. The van der Waals surface area contributed by atoms with Gasteiger partial charge in [0.25, 0.3) is 0 Å². The fraction of sp³-hybridized carbons (Fsp3) is 0.900. The van der Waals surface area contributed by atoms with Gasteiger partial charge in [0.05, 0.1) is 12.5 Å². The largest absolute Gasteiger partial charge is 0.481 e. The van der Waals surface area contributed by atoms with Crippen LogP contribution < -0.4 is 0 Å². The zero-order chi connectivity index (χ0) is 10.8. The van der Waals surface area contributed by atoms with Gasteiger partial charge in [-0.1, -0.05) is 0 Å². The molecule has 1 heterocycles. The maximum atomic E-state index is 10.8. The maximum absolute atomic E-state index is 10.8. The summed E-state index contributed by atoms with van der Waals surface area (Å²) >= 11 is 0. The summed E-state index contributed by atoms with van der Waals surface area (Å²) in [5.74, 6) is -0.881. The van der Waals surface area contributed by atoms with Crippen LogP contribution in [0.1, 0.15) is 25.7 Å². The van der Waals surface area contributed by atoms with Gasteiger partial charge in [-0.25, -0.2) is 0 Å². The van der Waals surface area contributed by atoms with Crippen molar-refractivity contribution in [3.63, 3.8) is 0 Å². The SMILES string of the molecule is O=C(O)C1CCC(N2CCOC2O)CC1. The van der Waals surface area contributed by atoms with E-state index in [2.05, 4.69) is 0 Å². The second-order valence-corrected chi connectivity index (χ2v) is 4.28. The van der Waals surface area contributed by atoms with Crippen LogP contribution in [-0.2, 0) is 9.53 Å². The minimum atomic E-state index is -0.781. The predicted molar refractivity (Wildman–Crippen MR) is 52.0 cm³/mol. The zero-order valence-electron chi connectivity index (χ0n) is 8.63. The van der Waals surface area contributed by atoms with Crippen molar-refractivity contribution in [1.29, 1.82) is 0 Å². The number of aliphatic hydroxyl groups is 1. The van der Waals surface area contributed by atoms with Gasteiger partial charge in [0.2, 0.25) is 6.41 Å². The van der Waals surface area contributed by atoms with Crippen LogP contribution in [0.3, 0.4) is 0 Å². The molecule has 2 fully saturated rings. The lowest BCUT2D eigenvalue weighted by atomic mass is 9.85. The molecule has 2 aliphatic rings. The van der Waals surface area contributed by atoms with Crippen LogP contribution in [0.2, 0.25) is 0 Å². The monoisotopic (exact) mass is 215 g/mol. The Morgan fingerprint density at radius 2 is 1.93 bits per heavy atom. The zero-order valence-corrected chi connectivity index (χ0v) is 8.63. The molecule has 15 heavy (non-hydrogen) atoms. The van der Waals surface area contributed by atoms with Crippen LogP contribution >= 0.6 is 0 Å². The maximum Gasteiger partial charge on any atom is 0.306 e. The number of aliphatic hydroxyl groups excluding tert-OH is 1. The van der Waals surface area contributed by atoms with Crippen molar-refractivity contribution in [1.82, 2.24) is 4.90 Å². The third-order valence-corrected chi connectivity index (χ3v) is 3.42. The highest BCUT2D eigenvalue weighted by Gasteiger charge is 2.34. The van der Waals surface area contributed by atoms with E-state index in [-0.39, 0.29) is 12.0 Å². The normalized spacial score (nSPS) is 38.1. The second-order valence-electron chi connectivity index (χ2n) is 4.28. The lowest BCUT2D eigenvalue weighted by Gasteiger charge is -2.33. The van der Waals surface area contributed by atoms with Gasteiger partial charge in [-0.2, -0.15) is 0 Å². The molecule has 0 spiro atoms. The van der Waals surface area contributed by atoms with E-state index in [1.807, 2.05) is 4.90 Å². The van der Waals surface area contributed by atoms with E-state index in [1.165, 1.54) is 0 Å². The summed E-state index contributed by atoms with van der Waals surface area (Å²) in [6.45, 7) is 1.32. The fourth-order valence-electron chi connectivity index (χ4n) is 2.49. The van der Waals surface area contributed by atoms with Crippen LogP contribution in [0.4, 0.5) is 0 Å². The van der Waals surface area contributed by atoms with Gasteiger partial charge < -0.3 is 14.9 Å². The van der Waals surface area contributed by atoms with Gasteiger partial charge in [0, 0.05) is 12.6 Å². The van der Waals surface area contributed by atoms with Crippen LogP contribution in [0.25, 0.3) is 0 Å². The molecule has 1 unspecified atom stereocenters. The van der Waals surface area contributed by atoms with Crippen molar-refractivity contribution in [3.8, 4) is 0 Å². The van der Waals surface area contributed by atoms with E-state index in [0.717, 1.165) is 19.4 Å². The summed E-state index contributed by atoms with van der Waals surface area (Å²) in [4.78, 5) is 12.7. The van der Waals surface area contributed by atoms with Crippen molar-refractivity contribution < 1.29 is 19.7 Å². The number of carboxylic acids is 1. The van der Waals surface area contributed by atoms with E-state index in [0.29, 0.717) is 19.4 Å². The first-order chi connectivity index (χ1) is 7.18. The summed E-state index contributed by atoms with van der Waals surface area (Å²) < 4.78 is 5.06. The first-order valence-corrected chi connectivity index (χ1v) is 5.46. The second kappa shape index (κ2) is 4.47. The number of carbonyl (C=O) groups is 1. The predicted octanol–water partition coefficient (Wildman–Crippen LogP) is 0.238. The van der Waals surface area contributed by atoms with Crippen molar-refractivity contribution in [3.05, 3.63) is 0 Å². The Kier molecular flexibility index (Phi) is 3.23. The van der Waals surface area contributed by atoms with Crippen molar-refractivity contribution >= 4 is 5.97 Å². The van der Waals surface area contributed by atoms with E-state index in [1.54, 1.807) is 0 Å². The third kappa shape index (κ3) is 2.30. The first kappa shape index (κ1) is 10.9. The van der Waals surface area contributed by atoms with Crippen molar-refractivity contribution in [2.24, 2.45) is 5.92 Å². The molecular weight excluding hydrogens is 198 g/mol. The van der Waals surface area contributed by atoms with Gasteiger partial charge in [-0.15, -0.1) is 0 Å². The average Bonchev–Trinajstić information content (AvgIpc) is 2.65. The van der Waals surface area contributed by atoms with Crippen molar-refractivity contribution in [2.75, 3.05) is 13.2 Å². The van der Waals surface area contributed by atoms with Gasteiger partial charge >= 0.3 is 5.97 Å². The number of nitrogens with zero attached hydrogens (tertiary/aromatic N) is 1. The Morgan fingerprint density at radius 1 is 1.27 bits per heavy atom. The summed E-state index contributed by atoms with van der Waals surface area (Å²) in [6, 6.07) is 0.290. The quantitative estimate of drug-likeness (QED) is 0.690.